The highest BCUT2D eigenvalue weighted by Gasteiger charge is 2.22. The van der Waals surface area contributed by atoms with Crippen LogP contribution in [0.25, 0.3) is 0 Å². The van der Waals surface area contributed by atoms with Gasteiger partial charge in [-0.25, -0.2) is 0 Å². The monoisotopic (exact) mass is 314 g/mol. The van der Waals surface area contributed by atoms with Crippen LogP contribution in [0.2, 0.25) is 0 Å². The fourth-order valence-corrected chi connectivity index (χ4v) is 2.52. The van der Waals surface area contributed by atoms with Crippen molar-refractivity contribution < 1.29 is 9.59 Å². The average molecular weight is 314 g/mol. The second-order valence-corrected chi connectivity index (χ2v) is 5.46. The van der Waals surface area contributed by atoms with Crippen LogP contribution in [-0.2, 0) is 4.79 Å². The molecule has 0 saturated carbocycles. The summed E-state index contributed by atoms with van der Waals surface area (Å²) in [4.78, 5) is 26.0. The fraction of sp³-hybridized carbons (Fsp3) is 0.0476. The molecule has 3 nitrogen and oxygen atoms in total. The predicted molar refractivity (Wildman–Crippen MR) is 95.3 cm³/mol. The van der Waals surface area contributed by atoms with Crippen LogP contribution in [0.3, 0.4) is 0 Å². The summed E-state index contributed by atoms with van der Waals surface area (Å²) < 4.78 is 0. The van der Waals surface area contributed by atoms with E-state index in [1.165, 1.54) is 0 Å². The van der Waals surface area contributed by atoms with Gasteiger partial charge in [0.15, 0.2) is 0 Å². The summed E-state index contributed by atoms with van der Waals surface area (Å²) in [5, 5.41) is 0. The van der Waals surface area contributed by atoms with Crippen molar-refractivity contribution in [2.75, 3.05) is 4.90 Å². The first-order valence-corrected chi connectivity index (χ1v) is 7.64. The zero-order valence-electron chi connectivity index (χ0n) is 13.3. The lowest BCUT2D eigenvalue weighted by atomic mass is 10.1. The second-order valence-electron chi connectivity index (χ2n) is 5.46. The number of rotatable bonds is 4. The van der Waals surface area contributed by atoms with E-state index in [1.54, 1.807) is 41.3 Å². The van der Waals surface area contributed by atoms with Crippen molar-refractivity contribution in [1.29, 1.82) is 0 Å². The Bertz CT molecular complexity index is 855. The van der Waals surface area contributed by atoms with E-state index >= 15 is 0 Å². The summed E-state index contributed by atoms with van der Waals surface area (Å²) in [5.41, 5.74) is 3.23. The van der Waals surface area contributed by atoms with Gasteiger partial charge in [0, 0.05) is 11.3 Å². The lowest BCUT2D eigenvalue weighted by Gasteiger charge is -2.24. The molecule has 0 aliphatic carbocycles. The summed E-state index contributed by atoms with van der Waals surface area (Å²) in [5.74, 6) is -0.192. The van der Waals surface area contributed by atoms with Crippen molar-refractivity contribution in [3.8, 4) is 0 Å². The summed E-state index contributed by atoms with van der Waals surface area (Å²) in [6, 6.07) is 23.6. The van der Waals surface area contributed by atoms with Crippen LogP contribution >= 0.6 is 0 Å². The third kappa shape index (κ3) is 3.10. The van der Waals surface area contributed by atoms with Crippen LogP contribution in [0.5, 0.6) is 0 Å². The number of hydrogen-bond donors (Lipinski definition) is 0. The van der Waals surface area contributed by atoms with Crippen LogP contribution in [0, 0.1) is 6.92 Å². The number of hydrogen-bond acceptors (Lipinski definition) is 2. The van der Waals surface area contributed by atoms with E-state index < -0.39 is 0 Å². The van der Waals surface area contributed by atoms with E-state index in [9.17, 15) is 9.59 Å². The zero-order chi connectivity index (χ0) is 16.9. The van der Waals surface area contributed by atoms with Crippen molar-refractivity contribution in [3.05, 3.63) is 95.6 Å². The van der Waals surface area contributed by atoms with Crippen molar-refractivity contribution in [2.24, 2.45) is 0 Å². The first-order chi connectivity index (χ1) is 11.7. The van der Waals surface area contributed by atoms with Crippen LogP contribution in [-0.4, -0.2) is 12.2 Å². The molecule has 0 unspecified atom stereocenters. The number of para-hydroxylation sites is 1. The molecular weight excluding hydrogens is 298 g/mol. The standard InChI is InChI=1S/C21H16NO2/c1-16-11-13-19(14-12-16)22(20-10-6-5-9-18(20)15-23)21(24)17-7-3-2-4-8-17/h2-14H,1H3. The van der Waals surface area contributed by atoms with Gasteiger partial charge < -0.3 is 0 Å². The van der Waals surface area contributed by atoms with E-state index in [-0.39, 0.29) is 5.91 Å². The Morgan fingerprint density at radius 3 is 2.12 bits per heavy atom. The van der Waals surface area contributed by atoms with Crippen LogP contribution in [0.4, 0.5) is 11.4 Å². The maximum atomic E-state index is 13.1. The van der Waals surface area contributed by atoms with Crippen LogP contribution < -0.4 is 4.90 Å². The molecule has 3 heteroatoms. The Hall–Kier alpha value is -3.20. The maximum Gasteiger partial charge on any atom is 0.262 e. The van der Waals surface area contributed by atoms with Crippen LogP contribution in [0.15, 0.2) is 78.9 Å². The highest BCUT2D eigenvalue weighted by molar-refractivity contribution is 6.12. The van der Waals surface area contributed by atoms with Gasteiger partial charge in [-0.15, -0.1) is 0 Å². The summed E-state index contributed by atoms with van der Waals surface area (Å²) in [6.45, 7) is 1.99. The Morgan fingerprint density at radius 2 is 1.46 bits per heavy atom. The molecule has 117 valence electrons. The number of aryl methyl sites for hydroxylation is 1. The highest BCUT2D eigenvalue weighted by Crippen LogP contribution is 2.30. The largest absolute Gasteiger partial charge is 0.285 e. The smallest absolute Gasteiger partial charge is 0.262 e. The first kappa shape index (κ1) is 15.7. The van der Waals surface area contributed by atoms with E-state index in [1.807, 2.05) is 55.7 Å². The topological polar surface area (TPSA) is 37.4 Å². The van der Waals surface area contributed by atoms with Gasteiger partial charge in [0.1, 0.15) is 0 Å². The van der Waals surface area contributed by atoms with E-state index in [0.29, 0.717) is 22.5 Å². The Morgan fingerprint density at radius 1 is 0.833 bits per heavy atom. The molecule has 3 rings (SSSR count). The molecule has 0 aliphatic heterocycles. The normalized spacial score (nSPS) is 10.2. The van der Waals surface area contributed by atoms with Gasteiger partial charge in [0.2, 0.25) is 6.29 Å². The molecule has 24 heavy (non-hydrogen) atoms. The van der Waals surface area contributed by atoms with E-state index in [4.69, 9.17) is 0 Å². The third-order valence-electron chi connectivity index (χ3n) is 3.77. The third-order valence-corrected chi connectivity index (χ3v) is 3.77. The molecule has 0 aromatic heterocycles. The van der Waals surface area contributed by atoms with Gasteiger partial charge in [-0.1, -0.05) is 48.0 Å². The molecule has 0 aliphatic rings. The quantitative estimate of drug-likeness (QED) is 0.714. The van der Waals surface area contributed by atoms with E-state index in [0.717, 1.165) is 5.56 Å². The molecule has 1 amide bonds. The molecule has 0 saturated heterocycles. The molecule has 0 spiro atoms. The van der Waals surface area contributed by atoms with Gasteiger partial charge in [0.25, 0.3) is 5.91 Å². The Balaban J connectivity index is 2.16. The fourth-order valence-electron chi connectivity index (χ4n) is 2.52. The number of anilines is 2. The number of benzene rings is 3. The SMILES string of the molecule is Cc1ccc(N(C(=O)c2ccccc2)c2ccccc2[C]=O)cc1. The number of amides is 1. The van der Waals surface area contributed by atoms with Gasteiger partial charge in [-0.2, -0.15) is 0 Å². The molecule has 0 bridgehead atoms. The van der Waals surface area contributed by atoms with Crippen molar-refractivity contribution in [2.45, 2.75) is 6.92 Å². The van der Waals surface area contributed by atoms with Gasteiger partial charge in [-0.05, 0) is 43.3 Å². The average Bonchev–Trinajstić information content (AvgIpc) is 2.64. The van der Waals surface area contributed by atoms with Crippen LogP contribution in [0.1, 0.15) is 21.5 Å². The molecule has 0 fully saturated rings. The maximum absolute atomic E-state index is 13.1. The van der Waals surface area contributed by atoms with Crippen molar-refractivity contribution >= 4 is 23.6 Å². The predicted octanol–water partition coefficient (Wildman–Crippen LogP) is 4.43. The second kappa shape index (κ2) is 6.92. The minimum Gasteiger partial charge on any atom is -0.285 e. The molecule has 0 N–H and O–H groups in total. The number of carbonyl (C=O) groups excluding carboxylic acids is 2. The highest BCUT2D eigenvalue weighted by atomic mass is 16.2. The minimum absolute atomic E-state index is 0.192. The molecule has 1 radical (unpaired) electrons. The zero-order valence-corrected chi connectivity index (χ0v) is 13.3. The summed E-state index contributed by atoms with van der Waals surface area (Å²) >= 11 is 0. The van der Waals surface area contributed by atoms with Gasteiger partial charge >= 0.3 is 0 Å². The van der Waals surface area contributed by atoms with Gasteiger partial charge in [0.05, 0.1) is 11.3 Å². The molecule has 0 atom stereocenters. The lowest BCUT2D eigenvalue weighted by molar-refractivity contribution is 0.0999. The summed E-state index contributed by atoms with van der Waals surface area (Å²) in [7, 11) is 0. The van der Waals surface area contributed by atoms with Gasteiger partial charge in [-0.3, -0.25) is 14.5 Å². The molecule has 3 aromatic carbocycles. The number of nitrogens with zero attached hydrogens (tertiary/aromatic N) is 1. The molecule has 0 heterocycles. The molecule has 3 aromatic rings. The lowest BCUT2D eigenvalue weighted by Crippen LogP contribution is -2.26. The van der Waals surface area contributed by atoms with E-state index in [2.05, 4.69) is 0 Å². The first-order valence-electron chi connectivity index (χ1n) is 7.64. The number of carbonyl (C=O) groups is 1. The van der Waals surface area contributed by atoms with Crippen molar-refractivity contribution in [3.63, 3.8) is 0 Å². The Labute approximate surface area is 141 Å². The van der Waals surface area contributed by atoms with Crippen molar-refractivity contribution in [1.82, 2.24) is 0 Å². The minimum atomic E-state index is -0.192. The summed E-state index contributed by atoms with van der Waals surface area (Å²) in [6.07, 6.45) is 1.92. The Kier molecular flexibility index (Phi) is 4.52. The molecular formula is C21H16NO2.